The lowest BCUT2D eigenvalue weighted by atomic mass is 9.86. The number of hydrogen-bond donors (Lipinski definition) is 1. The van der Waals surface area contributed by atoms with E-state index in [1.165, 1.54) is 18.6 Å². The highest BCUT2D eigenvalue weighted by Crippen LogP contribution is 2.34. The van der Waals surface area contributed by atoms with Crippen LogP contribution in [0.5, 0.6) is 0 Å². The summed E-state index contributed by atoms with van der Waals surface area (Å²) in [5.74, 6) is 0.155. The molecule has 32 heavy (non-hydrogen) atoms. The molecule has 1 aliphatic carbocycles. The Bertz CT molecular complexity index is 1200. The minimum Gasteiger partial charge on any atom is -0.363 e. The number of anilines is 1. The van der Waals surface area contributed by atoms with E-state index in [2.05, 4.69) is 15.3 Å². The van der Waals surface area contributed by atoms with Gasteiger partial charge in [-0.15, -0.1) is 0 Å². The number of nitrogens with zero attached hydrogens (tertiary/aromatic N) is 3. The number of halogens is 3. The zero-order chi connectivity index (χ0) is 23.0. The second-order valence-corrected chi connectivity index (χ2v) is 8.57. The topological polar surface area (TPSA) is 59.8 Å². The second kappa shape index (κ2) is 8.92. The van der Waals surface area contributed by atoms with Crippen molar-refractivity contribution in [3.63, 3.8) is 0 Å². The van der Waals surface area contributed by atoms with Crippen LogP contribution in [-0.4, -0.2) is 14.5 Å². The molecule has 0 bridgehead atoms. The van der Waals surface area contributed by atoms with Gasteiger partial charge in [-0.25, -0.2) is 23.1 Å². The smallest absolute Gasteiger partial charge is 0.277 e. The minimum absolute atomic E-state index is 0.114. The third-order valence-electron chi connectivity index (χ3n) is 6.38. The molecule has 1 aromatic carbocycles. The molecular weight excluding hydrogens is 417 g/mol. The summed E-state index contributed by atoms with van der Waals surface area (Å²) in [7, 11) is 1.77. The molecular formula is C24H27F3N4O. The fourth-order valence-electron chi connectivity index (χ4n) is 4.66. The van der Waals surface area contributed by atoms with Gasteiger partial charge in [-0.1, -0.05) is 37.5 Å². The average molecular weight is 445 g/mol. The van der Waals surface area contributed by atoms with Crippen molar-refractivity contribution in [3.05, 3.63) is 63.1 Å². The normalized spacial score (nSPS) is 16.0. The summed E-state index contributed by atoms with van der Waals surface area (Å²) in [6.07, 6.45) is 2.61. The summed E-state index contributed by atoms with van der Waals surface area (Å²) in [6, 6.07) is 5.28. The predicted molar refractivity (Wildman–Crippen MR) is 119 cm³/mol. The van der Waals surface area contributed by atoms with Crippen LogP contribution in [0.4, 0.5) is 19.0 Å². The van der Waals surface area contributed by atoms with Crippen molar-refractivity contribution in [2.75, 3.05) is 5.32 Å². The SMILES string of the molecule is Cc1nc(N[C@H](C)c2cccc(C(F)F)c2F)c2cc(C3CCCCC3)n(C)c(=O)c2n1. The van der Waals surface area contributed by atoms with Crippen molar-refractivity contribution in [2.24, 2.45) is 7.05 Å². The number of pyridine rings is 1. The molecule has 1 saturated carbocycles. The lowest BCUT2D eigenvalue weighted by Crippen LogP contribution is -2.25. The highest BCUT2D eigenvalue weighted by Gasteiger charge is 2.23. The van der Waals surface area contributed by atoms with Gasteiger partial charge in [0.15, 0.2) is 0 Å². The molecule has 0 saturated heterocycles. The minimum atomic E-state index is -2.90. The fraction of sp³-hybridized carbons (Fsp3) is 0.458. The van der Waals surface area contributed by atoms with Crippen molar-refractivity contribution < 1.29 is 13.2 Å². The first-order chi connectivity index (χ1) is 15.3. The molecule has 2 heterocycles. The zero-order valence-corrected chi connectivity index (χ0v) is 18.5. The Balaban J connectivity index is 1.79. The largest absolute Gasteiger partial charge is 0.363 e. The Labute approximate surface area is 184 Å². The third-order valence-corrected chi connectivity index (χ3v) is 6.38. The van der Waals surface area contributed by atoms with Gasteiger partial charge in [-0.3, -0.25) is 4.79 Å². The van der Waals surface area contributed by atoms with Crippen LogP contribution >= 0.6 is 0 Å². The summed E-state index contributed by atoms with van der Waals surface area (Å²) in [6.45, 7) is 3.36. The van der Waals surface area contributed by atoms with Gasteiger partial charge in [0.05, 0.1) is 17.0 Å². The Morgan fingerprint density at radius 3 is 2.50 bits per heavy atom. The summed E-state index contributed by atoms with van der Waals surface area (Å²) in [4.78, 5) is 22.0. The van der Waals surface area contributed by atoms with Crippen LogP contribution in [0.3, 0.4) is 0 Å². The monoisotopic (exact) mass is 444 g/mol. The van der Waals surface area contributed by atoms with E-state index >= 15 is 0 Å². The molecule has 0 amide bonds. The van der Waals surface area contributed by atoms with Crippen LogP contribution in [0, 0.1) is 12.7 Å². The number of aromatic nitrogens is 3. The van der Waals surface area contributed by atoms with Crippen LogP contribution < -0.4 is 10.9 Å². The lowest BCUT2D eigenvalue weighted by molar-refractivity contribution is 0.146. The fourth-order valence-corrected chi connectivity index (χ4v) is 4.66. The van der Waals surface area contributed by atoms with E-state index in [1.54, 1.807) is 25.5 Å². The van der Waals surface area contributed by atoms with Gasteiger partial charge in [0.2, 0.25) is 0 Å². The first kappa shape index (κ1) is 22.3. The summed E-state index contributed by atoms with van der Waals surface area (Å²) < 4.78 is 42.6. The lowest BCUT2D eigenvalue weighted by Gasteiger charge is -2.25. The number of fused-ring (bicyclic) bond motifs is 1. The number of hydrogen-bond acceptors (Lipinski definition) is 4. The maximum absolute atomic E-state index is 14.7. The molecule has 0 radical (unpaired) electrons. The molecule has 3 aromatic rings. The quantitative estimate of drug-likeness (QED) is 0.530. The van der Waals surface area contributed by atoms with Gasteiger partial charge < -0.3 is 9.88 Å². The van der Waals surface area contributed by atoms with E-state index < -0.39 is 23.8 Å². The highest BCUT2D eigenvalue weighted by atomic mass is 19.3. The molecule has 0 aliphatic heterocycles. The predicted octanol–water partition coefficient (Wildman–Crippen LogP) is 5.93. The molecule has 170 valence electrons. The molecule has 1 aliphatic rings. The first-order valence-electron chi connectivity index (χ1n) is 11.0. The van der Waals surface area contributed by atoms with E-state index in [1.807, 2.05) is 6.07 Å². The van der Waals surface area contributed by atoms with E-state index in [4.69, 9.17) is 0 Å². The number of nitrogens with one attached hydrogen (secondary N) is 1. The molecule has 0 spiro atoms. The number of benzene rings is 1. The second-order valence-electron chi connectivity index (χ2n) is 8.57. The van der Waals surface area contributed by atoms with Crippen molar-refractivity contribution in [3.8, 4) is 0 Å². The van der Waals surface area contributed by atoms with Gasteiger partial charge in [0.25, 0.3) is 12.0 Å². The van der Waals surface area contributed by atoms with Gasteiger partial charge in [0, 0.05) is 18.3 Å². The highest BCUT2D eigenvalue weighted by molar-refractivity contribution is 5.89. The average Bonchev–Trinajstić information content (AvgIpc) is 2.77. The molecule has 4 rings (SSSR count). The van der Waals surface area contributed by atoms with Crippen LogP contribution in [0.15, 0.2) is 29.1 Å². The zero-order valence-electron chi connectivity index (χ0n) is 18.5. The van der Waals surface area contributed by atoms with E-state index in [-0.39, 0.29) is 22.6 Å². The molecule has 0 unspecified atom stereocenters. The number of alkyl halides is 2. The van der Waals surface area contributed by atoms with Crippen LogP contribution in [0.25, 0.3) is 10.9 Å². The van der Waals surface area contributed by atoms with Crippen LogP contribution in [0.1, 0.15) is 80.1 Å². The van der Waals surface area contributed by atoms with E-state index in [0.717, 1.165) is 37.4 Å². The molecule has 1 N–H and O–H groups in total. The van der Waals surface area contributed by atoms with Crippen molar-refractivity contribution in [1.29, 1.82) is 0 Å². The number of aryl methyl sites for hydroxylation is 1. The van der Waals surface area contributed by atoms with Crippen molar-refractivity contribution in [2.45, 2.75) is 64.3 Å². The Kier molecular flexibility index (Phi) is 6.22. The van der Waals surface area contributed by atoms with Gasteiger partial charge >= 0.3 is 0 Å². The number of rotatable bonds is 5. The molecule has 2 aromatic heterocycles. The van der Waals surface area contributed by atoms with Crippen LogP contribution in [0.2, 0.25) is 0 Å². The van der Waals surface area contributed by atoms with Gasteiger partial charge in [0.1, 0.15) is 23.0 Å². The summed E-state index contributed by atoms with van der Waals surface area (Å²) in [5.41, 5.74) is 0.513. The van der Waals surface area contributed by atoms with Gasteiger partial charge in [-0.05, 0) is 38.7 Å². The van der Waals surface area contributed by atoms with Crippen molar-refractivity contribution in [1.82, 2.24) is 14.5 Å². The molecule has 5 nitrogen and oxygen atoms in total. The Hall–Kier alpha value is -2.90. The van der Waals surface area contributed by atoms with Crippen molar-refractivity contribution >= 4 is 16.7 Å². The Morgan fingerprint density at radius 1 is 1.12 bits per heavy atom. The summed E-state index contributed by atoms with van der Waals surface area (Å²) >= 11 is 0. The standard InChI is InChI=1S/C24H27F3N4O/c1-13(16-10-7-11-17(20(16)25)22(26)27)28-23-18-12-19(15-8-5-4-6-9-15)31(3)24(32)21(18)29-14(2)30-23/h7,10-13,15,22H,4-6,8-9H2,1-3H3,(H,28,29,30)/t13-/m1/s1. The third kappa shape index (κ3) is 4.10. The molecule has 8 heteroatoms. The maximum Gasteiger partial charge on any atom is 0.277 e. The van der Waals surface area contributed by atoms with E-state index in [0.29, 0.717) is 17.0 Å². The molecule has 1 atom stereocenters. The Morgan fingerprint density at radius 2 is 1.81 bits per heavy atom. The maximum atomic E-state index is 14.7. The van der Waals surface area contributed by atoms with Gasteiger partial charge in [-0.2, -0.15) is 0 Å². The summed E-state index contributed by atoms with van der Waals surface area (Å²) in [5, 5.41) is 3.71. The first-order valence-corrected chi connectivity index (χ1v) is 11.0. The molecule has 1 fully saturated rings. The van der Waals surface area contributed by atoms with Crippen LogP contribution in [-0.2, 0) is 7.05 Å². The van der Waals surface area contributed by atoms with E-state index in [9.17, 15) is 18.0 Å².